The molecule has 2 N–H and O–H groups in total. The van der Waals surface area contributed by atoms with Crippen LogP contribution in [0.2, 0.25) is 5.02 Å². The molecule has 1 aromatic heterocycles. The van der Waals surface area contributed by atoms with Crippen LogP contribution < -0.4 is 10.6 Å². The smallest absolute Gasteiger partial charge is 0.442 e. The molecular weight excluding hydrogens is 443 g/mol. The van der Waals surface area contributed by atoms with Gasteiger partial charge < -0.3 is 15.4 Å². The van der Waals surface area contributed by atoms with Crippen molar-refractivity contribution < 1.29 is 27.5 Å². The van der Waals surface area contributed by atoms with Gasteiger partial charge in [-0.25, -0.2) is 9.78 Å². The lowest BCUT2D eigenvalue weighted by Gasteiger charge is -2.34. The van der Waals surface area contributed by atoms with Crippen LogP contribution in [-0.4, -0.2) is 35.3 Å². The molecule has 2 aromatic carbocycles. The molecule has 0 saturated carbocycles. The van der Waals surface area contributed by atoms with E-state index in [9.17, 15) is 22.8 Å². The predicted molar refractivity (Wildman–Crippen MR) is 108 cm³/mol. The van der Waals surface area contributed by atoms with Crippen molar-refractivity contribution in [2.24, 2.45) is 0 Å². The second kappa shape index (κ2) is 8.49. The molecule has 0 unspecified atom stereocenters. The Morgan fingerprint density at radius 3 is 2.53 bits per heavy atom. The molecule has 3 rings (SSSR count). The van der Waals surface area contributed by atoms with Gasteiger partial charge in [-0.2, -0.15) is 13.2 Å². The van der Waals surface area contributed by atoms with Gasteiger partial charge in [-0.05, 0) is 37.3 Å². The molecule has 0 aliphatic rings. The Balaban J connectivity index is 2.06. The number of benzene rings is 2. The molecule has 0 aliphatic carbocycles. The summed E-state index contributed by atoms with van der Waals surface area (Å²) >= 11 is 6.72. The highest BCUT2D eigenvalue weighted by Gasteiger charge is 2.64. The van der Waals surface area contributed by atoms with Gasteiger partial charge in [-0.3, -0.25) is 4.79 Å². The zero-order valence-electron chi connectivity index (χ0n) is 15.4. The Hall–Kier alpha value is -2.85. The first-order valence-electron chi connectivity index (χ1n) is 8.62. The molecule has 158 valence electrons. The maximum Gasteiger partial charge on any atom is 0.442 e. The Kier molecular flexibility index (Phi) is 6.18. The normalized spacial score (nSPS) is 13.5. The van der Waals surface area contributed by atoms with Gasteiger partial charge in [0.2, 0.25) is 0 Å². The number of thiazole rings is 1. The number of nitrogens with one attached hydrogen (secondary N) is 2. The average molecular weight is 458 g/mol. The molecule has 0 spiro atoms. The van der Waals surface area contributed by atoms with E-state index in [0.29, 0.717) is 10.2 Å². The summed E-state index contributed by atoms with van der Waals surface area (Å²) in [5.41, 5.74) is -3.28. The van der Waals surface area contributed by atoms with Crippen molar-refractivity contribution in [3.63, 3.8) is 0 Å². The van der Waals surface area contributed by atoms with Crippen molar-refractivity contribution in [2.45, 2.75) is 18.8 Å². The fraction of sp³-hybridized carbons (Fsp3) is 0.211. The first-order valence-corrected chi connectivity index (χ1v) is 9.81. The number of amides is 1. The van der Waals surface area contributed by atoms with Gasteiger partial charge in [0.15, 0.2) is 5.13 Å². The molecule has 0 saturated heterocycles. The summed E-state index contributed by atoms with van der Waals surface area (Å²) in [5.74, 6) is -2.89. The van der Waals surface area contributed by atoms with Gasteiger partial charge in [0.05, 0.1) is 16.8 Å². The van der Waals surface area contributed by atoms with Gasteiger partial charge in [-0.15, -0.1) is 0 Å². The second-order valence-corrected chi connectivity index (χ2v) is 7.51. The fourth-order valence-electron chi connectivity index (χ4n) is 2.59. The number of para-hydroxylation sites is 1. The van der Waals surface area contributed by atoms with E-state index in [2.05, 4.69) is 15.0 Å². The highest BCUT2D eigenvalue weighted by Crippen LogP contribution is 2.36. The van der Waals surface area contributed by atoms with E-state index in [4.69, 9.17) is 11.6 Å². The first-order chi connectivity index (χ1) is 14.2. The van der Waals surface area contributed by atoms with Crippen molar-refractivity contribution in [2.75, 3.05) is 11.9 Å². The van der Waals surface area contributed by atoms with Crippen molar-refractivity contribution >= 4 is 50.2 Å². The number of aromatic nitrogens is 1. The third-order valence-electron chi connectivity index (χ3n) is 3.98. The largest absolute Gasteiger partial charge is 0.463 e. The van der Waals surface area contributed by atoms with E-state index in [1.165, 1.54) is 31.2 Å². The lowest BCUT2D eigenvalue weighted by atomic mass is 10.1. The fourth-order valence-corrected chi connectivity index (χ4v) is 3.70. The standard InChI is InChI=1S/C19H15ClF3N3O3S/c1-2-29-16(28)18(19(21,22)23,25-15(27)11-6-5-7-12(20)10-11)26-17-24-13-8-3-4-9-14(13)30-17/h3-10H,2H2,1H3,(H,24,26)(H,25,27)/t18-/m0/s1. The molecule has 6 nitrogen and oxygen atoms in total. The number of anilines is 1. The number of carbonyl (C=O) groups excluding carboxylic acids is 2. The van der Waals surface area contributed by atoms with Crippen LogP contribution in [0.3, 0.4) is 0 Å². The molecule has 1 amide bonds. The third-order valence-corrected chi connectivity index (χ3v) is 5.17. The molecule has 30 heavy (non-hydrogen) atoms. The van der Waals surface area contributed by atoms with Crippen LogP contribution in [0, 0.1) is 0 Å². The minimum absolute atomic E-state index is 0.149. The summed E-state index contributed by atoms with van der Waals surface area (Å²) in [6.45, 7) is 1.03. The number of hydrogen-bond acceptors (Lipinski definition) is 6. The van der Waals surface area contributed by atoms with Gasteiger partial charge >= 0.3 is 17.8 Å². The molecule has 1 atom stereocenters. The van der Waals surface area contributed by atoms with E-state index >= 15 is 0 Å². The topological polar surface area (TPSA) is 80.3 Å². The van der Waals surface area contributed by atoms with E-state index in [1.54, 1.807) is 29.6 Å². The lowest BCUT2D eigenvalue weighted by molar-refractivity contribution is -0.204. The maximum absolute atomic E-state index is 14.2. The Morgan fingerprint density at radius 1 is 1.17 bits per heavy atom. The summed E-state index contributed by atoms with van der Waals surface area (Å²) in [6.07, 6.45) is -5.26. The van der Waals surface area contributed by atoms with Crippen LogP contribution in [0.15, 0.2) is 48.5 Å². The highest BCUT2D eigenvalue weighted by atomic mass is 35.5. The molecule has 3 aromatic rings. The first kappa shape index (κ1) is 21.8. The minimum Gasteiger partial charge on any atom is -0.463 e. The third kappa shape index (κ3) is 4.34. The Morgan fingerprint density at radius 2 is 1.90 bits per heavy atom. The van der Waals surface area contributed by atoms with Gasteiger partial charge in [0, 0.05) is 10.6 Å². The molecule has 0 aliphatic heterocycles. The average Bonchev–Trinajstić information content (AvgIpc) is 3.08. The monoisotopic (exact) mass is 457 g/mol. The van der Waals surface area contributed by atoms with Gasteiger partial charge in [0.25, 0.3) is 5.91 Å². The van der Waals surface area contributed by atoms with Crippen molar-refractivity contribution in [1.29, 1.82) is 0 Å². The summed E-state index contributed by atoms with van der Waals surface area (Å²) in [7, 11) is 0. The van der Waals surface area contributed by atoms with Crippen molar-refractivity contribution in [1.82, 2.24) is 10.3 Å². The molecular formula is C19H15ClF3N3O3S. The minimum atomic E-state index is -5.26. The van der Waals surface area contributed by atoms with E-state index < -0.39 is 23.7 Å². The van der Waals surface area contributed by atoms with Crippen LogP contribution in [0.5, 0.6) is 0 Å². The number of alkyl halides is 3. The summed E-state index contributed by atoms with van der Waals surface area (Å²) in [6, 6.07) is 12.0. The summed E-state index contributed by atoms with van der Waals surface area (Å²) in [5, 5.41) is 3.75. The van der Waals surface area contributed by atoms with Gasteiger partial charge in [0.1, 0.15) is 0 Å². The van der Waals surface area contributed by atoms with E-state index in [1.807, 2.05) is 0 Å². The number of carbonyl (C=O) groups is 2. The highest BCUT2D eigenvalue weighted by molar-refractivity contribution is 7.22. The lowest BCUT2D eigenvalue weighted by Crippen LogP contribution is -2.69. The summed E-state index contributed by atoms with van der Waals surface area (Å²) in [4.78, 5) is 29.2. The Bertz CT molecular complexity index is 1060. The number of ether oxygens (including phenoxy) is 1. The van der Waals surface area contributed by atoms with Crippen LogP contribution in [-0.2, 0) is 9.53 Å². The van der Waals surface area contributed by atoms with Crippen molar-refractivity contribution in [3.8, 4) is 0 Å². The Labute approximate surface area is 178 Å². The molecule has 11 heteroatoms. The number of rotatable bonds is 6. The molecule has 0 fully saturated rings. The quantitative estimate of drug-likeness (QED) is 0.417. The summed E-state index contributed by atoms with van der Waals surface area (Å²) < 4.78 is 47.9. The van der Waals surface area contributed by atoms with Crippen LogP contribution >= 0.6 is 22.9 Å². The van der Waals surface area contributed by atoms with Gasteiger partial charge in [-0.1, -0.05) is 41.1 Å². The zero-order chi connectivity index (χ0) is 21.9. The second-order valence-electron chi connectivity index (χ2n) is 6.04. The van der Waals surface area contributed by atoms with E-state index in [-0.39, 0.29) is 22.3 Å². The zero-order valence-corrected chi connectivity index (χ0v) is 17.0. The SMILES string of the molecule is CCOC(=O)[C@](NC(=O)c1cccc(Cl)c1)(Nc1nc2ccccc2s1)C(F)(F)F. The van der Waals surface area contributed by atoms with Crippen LogP contribution in [0.4, 0.5) is 18.3 Å². The maximum atomic E-state index is 14.2. The number of esters is 1. The van der Waals surface area contributed by atoms with Crippen LogP contribution in [0.25, 0.3) is 10.2 Å². The molecule has 0 bridgehead atoms. The van der Waals surface area contributed by atoms with Crippen LogP contribution in [0.1, 0.15) is 17.3 Å². The molecule has 0 radical (unpaired) electrons. The number of fused-ring (bicyclic) bond motifs is 1. The predicted octanol–water partition coefficient (Wildman–Crippen LogP) is 4.61. The van der Waals surface area contributed by atoms with Crippen molar-refractivity contribution in [3.05, 3.63) is 59.1 Å². The number of hydrogen-bond donors (Lipinski definition) is 2. The number of halogens is 4. The molecule has 1 heterocycles. The van der Waals surface area contributed by atoms with E-state index in [0.717, 1.165) is 11.3 Å². The number of nitrogens with zero attached hydrogens (tertiary/aromatic N) is 1.